The summed E-state index contributed by atoms with van der Waals surface area (Å²) in [5.74, 6) is -0.420. The first-order valence-electron chi connectivity index (χ1n) is 5.31. The lowest BCUT2D eigenvalue weighted by Crippen LogP contribution is -2.23. The van der Waals surface area contributed by atoms with Gasteiger partial charge in [0.1, 0.15) is 5.82 Å². The quantitative estimate of drug-likeness (QED) is 0.756. The van der Waals surface area contributed by atoms with E-state index in [9.17, 15) is 4.79 Å². The molecule has 0 spiro atoms. The third-order valence-electron chi connectivity index (χ3n) is 2.35. The number of rotatable bonds is 6. The molecule has 1 aromatic rings. The summed E-state index contributed by atoms with van der Waals surface area (Å²) in [6, 6.07) is 1.42. The Hall–Kier alpha value is -1.33. The summed E-state index contributed by atoms with van der Waals surface area (Å²) in [5.41, 5.74) is 0.0994. The van der Waals surface area contributed by atoms with Crippen LogP contribution < -0.4 is 10.2 Å². The lowest BCUT2D eigenvalue weighted by Gasteiger charge is -2.19. The fraction of sp³-hybridized carbons (Fsp3) is 0.455. The summed E-state index contributed by atoms with van der Waals surface area (Å²) >= 11 is 6.00. The van der Waals surface area contributed by atoms with Crippen LogP contribution in [0.25, 0.3) is 0 Å². The van der Waals surface area contributed by atoms with Crippen molar-refractivity contribution in [1.82, 2.24) is 10.3 Å². The molecule has 6 heteroatoms. The van der Waals surface area contributed by atoms with Crippen LogP contribution in [0.15, 0.2) is 12.3 Å². The van der Waals surface area contributed by atoms with Gasteiger partial charge in [-0.3, -0.25) is 0 Å². The molecule has 0 aromatic carbocycles. The standard InChI is InChI=1S/C11H16ClN3O2/c1-13-4-3-5-15(2)10-9(12)6-8(7-14-10)11(16)17/h6-7,13H,3-5H2,1-2H3,(H,16,17). The van der Waals surface area contributed by atoms with E-state index in [-0.39, 0.29) is 5.56 Å². The Balaban J connectivity index is 2.74. The second kappa shape index (κ2) is 6.42. The van der Waals surface area contributed by atoms with E-state index in [1.54, 1.807) is 0 Å². The second-order valence-electron chi connectivity index (χ2n) is 3.71. The minimum atomic E-state index is -1.02. The number of hydrogen-bond acceptors (Lipinski definition) is 4. The molecule has 17 heavy (non-hydrogen) atoms. The van der Waals surface area contributed by atoms with E-state index >= 15 is 0 Å². The van der Waals surface area contributed by atoms with Gasteiger partial charge in [-0.25, -0.2) is 9.78 Å². The number of carboxylic acids is 1. The molecule has 0 radical (unpaired) electrons. The van der Waals surface area contributed by atoms with Gasteiger partial charge in [-0.1, -0.05) is 11.6 Å². The summed E-state index contributed by atoms with van der Waals surface area (Å²) in [6.45, 7) is 1.72. The maximum atomic E-state index is 10.7. The first kappa shape index (κ1) is 13.7. The zero-order valence-electron chi connectivity index (χ0n) is 9.90. The Morgan fingerprint density at radius 1 is 1.65 bits per heavy atom. The highest BCUT2D eigenvalue weighted by atomic mass is 35.5. The Bertz CT molecular complexity index is 398. The van der Waals surface area contributed by atoms with Crippen LogP contribution >= 0.6 is 11.6 Å². The Kier molecular flexibility index (Phi) is 5.18. The molecule has 0 bridgehead atoms. The highest BCUT2D eigenvalue weighted by Gasteiger charge is 2.11. The summed E-state index contributed by atoms with van der Waals surface area (Å²) < 4.78 is 0. The van der Waals surface area contributed by atoms with Gasteiger partial charge >= 0.3 is 5.97 Å². The monoisotopic (exact) mass is 257 g/mol. The number of aromatic carboxylic acids is 1. The Morgan fingerprint density at radius 3 is 2.88 bits per heavy atom. The number of carbonyl (C=O) groups is 1. The molecule has 2 N–H and O–H groups in total. The number of nitrogens with one attached hydrogen (secondary N) is 1. The van der Waals surface area contributed by atoms with Gasteiger partial charge < -0.3 is 15.3 Å². The van der Waals surface area contributed by atoms with Crippen LogP contribution in [0.1, 0.15) is 16.8 Å². The van der Waals surface area contributed by atoms with Crippen molar-refractivity contribution in [3.8, 4) is 0 Å². The van der Waals surface area contributed by atoms with Crippen molar-refractivity contribution in [2.75, 3.05) is 32.1 Å². The number of halogens is 1. The molecule has 0 unspecified atom stereocenters. The van der Waals surface area contributed by atoms with E-state index in [2.05, 4.69) is 10.3 Å². The largest absolute Gasteiger partial charge is 0.478 e. The lowest BCUT2D eigenvalue weighted by atomic mass is 10.3. The predicted octanol–water partition coefficient (Wildman–Crippen LogP) is 1.48. The number of nitrogens with zero attached hydrogens (tertiary/aromatic N) is 2. The molecule has 0 fully saturated rings. The maximum absolute atomic E-state index is 10.7. The van der Waals surface area contributed by atoms with E-state index in [1.165, 1.54) is 12.3 Å². The summed E-state index contributed by atoms with van der Waals surface area (Å²) in [4.78, 5) is 16.7. The minimum absolute atomic E-state index is 0.0994. The van der Waals surface area contributed by atoms with Crippen LogP contribution in [0.5, 0.6) is 0 Å². The Labute approximate surface area is 105 Å². The zero-order chi connectivity index (χ0) is 12.8. The molecular weight excluding hydrogens is 242 g/mol. The van der Waals surface area contributed by atoms with Crippen molar-refractivity contribution in [3.05, 3.63) is 22.8 Å². The normalized spacial score (nSPS) is 10.3. The first-order chi connectivity index (χ1) is 8.06. The van der Waals surface area contributed by atoms with Gasteiger partial charge in [0.2, 0.25) is 0 Å². The van der Waals surface area contributed by atoms with E-state index in [4.69, 9.17) is 16.7 Å². The maximum Gasteiger partial charge on any atom is 0.337 e. The molecule has 1 aromatic heterocycles. The fourth-order valence-corrected chi connectivity index (χ4v) is 1.74. The van der Waals surface area contributed by atoms with E-state index in [1.807, 2.05) is 19.0 Å². The zero-order valence-corrected chi connectivity index (χ0v) is 10.7. The molecule has 0 saturated carbocycles. The van der Waals surface area contributed by atoms with Crippen molar-refractivity contribution in [1.29, 1.82) is 0 Å². The molecule has 0 aliphatic heterocycles. The third-order valence-corrected chi connectivity index (χ3v) is 2.63. The van der Waals surface area contributed by atoms with Crippen molar-refractivity contribution >= 4 is 23.4 Å². The average molecular weight is 258 g/mol. The van der Waals surface area contributed by atoms with E-state index < -0.39 is 5.97 Å². The van der Waals surface area contributed by atoms with Crippen LogP contribution in [0.3, 0.4) is 0 Å². The van der Waals surface area contributed by atoms with Gasteiger partial charge in [-0.05, 0) is 26.1 Å². The van der Waals surface area contributed by atoms with Crippen LogP contribution in [-0.4, -0.2) is 43.2 Å². The van der Waals surface area contributed by atoms with Crippen molar-refractivity contribution < 1.29 is 9.90 Å². The molecule has 0 aliphatic rings. The lowest BCUT2D eigenvalue weighted by molar-refractivity contribution is 0.0696. The van der Waals surface area contributed by atoms with Gasteiger partial charge in [0.25, 0.3) is 0 Å². The molecule has 94 valence electrons. The summed E-state index contributed by atoms with van der Waals surface area (Å²) in [5, 5.41) is 12.2. The summed E-state index contributed by atoms with van der Waals surface area (Å²) in [6.07, 6.45) is 2.28. The van der Waals surface area contributed by atoms with Gasteiger partial charge in [-0.2, -0.15) is 0 Å². The molecular formula is C11H16ClN3O2. The second-order valence-corrected chi connectivity index (χ2v) is 4.12. The van der Waals surface area contributed by atoms with E-state index in [0.29, 0.717) is 10.8 Å². The Morgan fingerprint density at radius 2 is 2.35 bits per heavy atom. The smallest absolute Gasteiger partial charge is 0.337 e. The van der Waals surface area contributed by atoms with Crippen LogP contribution in [0.4, 0.5) is 5.82 Å². The topological polar surface area (TPSA) is 65.5 Å². The molecule has 5 nitrogen and oxygen atoms in total. The number of aromatic nitrogens is 1. The highest BCUT2D eigenvalue weighted by Crippen LogP contribution is 2.23. The summed E-state index contributed by atoms with van der Waals surface area (Å²) in [7, 11) is 3.77. The van der Waals surface area contributed by atoms with Crippen molar-refractivity contribution in [2.45, 2.75) is 6.42 Å². The molecule has 1 rings (SSSR count). The molecule has 0 atom stereocenters. The highest BCUT2D eigenvalue weighted by molar-refractivity contribution is 6.33. The van der Waals surface area contributed by atoms with Gasteiger partial charge in [0.15, 0.2) is 0 Å². The van der Waals surface area contributed by atoms with E-state index in [0.717, 1.165) is 19.5 Å². The molecule has 0 amide bonds. The molecule has 0 aliphatic carbocycles. The van der Waals surface area contributed by atoms with Gasteiger partial charge in [0, 0.05) is 19.8 Å². The molecule has 1 heterocycles. The number of hydrogen-bond donors (Lipinski definition) is 2. The van der Waals surface area contributed by atoms with Crippen molar-refractivity contribution in [3.63, 3.8) is 0 Å². The van der Waals surface area contributed by atoms with Crippen LogP contribution in [-0.2, 0) is 0 Å². The van der Waals surface area contributed by atoms with Crippen molar-refractivity contribution in [2.24, 2.45) is 0 Å². The van der Waals surface area contributed by atoms with Gasteiger partial charge in [-0.15, -0.1) is 0 Å². The minimum Gasteiger partial charge on any atom is -0.478 e. The predicted molar refractivity (Wildman–Crippen MR) is 68.0 cm³/mol. The molecule has 0 saturated heterocycles. The third kappa shape index (κ3) is 3.87. The average Bonchev–Trinajstić information content (AvgIpc) is 2.28. The van der Waals surface area contributed by atoms with Gasteiger partial charge in [0.05, 0.1) is 10.6 Å². The van der Waals surface area contributed by atoms with Crippen LogP contribution in [0, 0.1) is 0 Å². The SMILES string of the molecule is CNCCCN(C)c1ncc(C(=O)O)cc1Cl. The number of anilines is 1. The number of carboxylic acid groups (broad SMARTS) is 1. The first-order valence-corrected chi connectivity index (χ1v) is 5.68. The van der Waals surface area contributed by atoms with Crippen LogP contribution in [0.2, 0.25) is 5.02 Å². The number of pyridine rings is 1. The fourth-order valence-electron chi connectivity index (χ4n) is 1.43.